The number of hydrogen-bond acceptors (Lipinski definition) is 15. The van der Waals surface area contributed by atoms with Crippen LogP contribution in [0.15, 0.2) is 0 Å². The minimum Gasteiger partial charge on any atom is -0.462 e. The standard InChI is InChI=1S/C82H160O17P2/c1-7-9-11-13-15-17-19-21-22-23-24-25-26-27-29-35-42-48-54-60-66-81(86)98-77(70-93-80(85)65-59-53-47-41-34-31-30-32-38-44-50-56-62-74(3)4)72-96-100(88,89)94-68-76(83)69-95-101(90,91)97-73-78(99-82(87)67-61-55-49-43-37-36-39-45-51-57-63-75(5)6)71-92-79(84)64-58-52-46-40-33-28-20-18-16-14-12-10-8-2/h74-78,83H,7-73H2,1-6H3,(H,88,89)(H,90,91)/t76-,77-,78-/m1/s1. The van der Waals surface area contributed by atoms with E-state index >= 15 is 0 Å². The van der Waals surface area contributed by atoms with Crippen LogP contribution in [0.1, 0.15) is 433 Å². The summed E-state index contributed by atoms with van der Waals surface area (Å²) in [5, 5.41) is 10.7. The summed E-state index contributed by atoms with van der Waals surface area (Å²) in [6.45, 7) is 9.65. The van der Waals surface area contributed by atoms with Crippen LogP contribution in [0.3, 0.4) is 0 Å². The quantitative estimate of drug-likeness (QED) is 0.0222. The molecule has 19 heteroatoms. The van der Waals surface area contributed by atoms with Crippen LogP contribution in [0.4, 0.5) is 0 Å². The lowest BCUT2D eigenvalue weighted by atomic mass is 10.0. The maximum Gasteiger partial charge on any atom is 0.472 e. The third-order valence-electron chi connectivity index (χ3n) is 19.2. The van der Waals surface area contributed by atoms with Gasteiger partial charge in [0.05, 0.1) is 26.4 Å². The maximum absolute atomic E-state index is 13.1. The van der Waals surface area contributed by atoms with Crippen LogP contribution in [-0.2, 0) is 65.4 Å². The lowest BCUT2D eigenvalue weighted by Crippen LogP contribution is -2.30. The molecule has 0 heterocycles. The fourth-order valence-electron chi connectivity index (χ4n) is 12.7. The lowest BCUT2D eigenvalue weighted by molar-refractivity contribution is -0.161. The van der Waals surface area contributed by atoms with Crippen molar-refractivity contribution >= 4 is 39.5 Å². The molecule has 0 aliphatic rings. The number of carbonyl (C=O) groups is 4. The van der Waals surface area contributed by atoms with Crippen molar-refractivity contribution in [2.45, 2.75) is 452 Å². The SMILES string of the molecule is CCCCCCCCCCCCCCCCCCCCCCC(=O)O[C@H](COC(=O)CCCCCCCCCCCCCCC(C)C)COP(=O)(O)OC[C@@H](O)COP(=O)(O)OC[C@@H](COC(=O)CCCCCCCCCCCCCCC)OC(=O)CCCCCCCCCCCCC(C)C. The molecule has 0 radical (unpaired) electrons. The van der Waals surface area contributed by atoms with Crippen LogP contribution in [0.2, 0.25) is 0 Å². The van der Waals surface area contributed by atoms with Crippen molar-refractivity contribution in [3.63, 3.8) is 0 Å². The van der Waals surface area contributed by atoms with Crippen molar-refractivity contribution in [2.75, 3.05) is 39.6 Å². The first-order valence-electron chi connectivity index (χ1n) is 42.5. The molecule has 0 saturated heterocycles. The van der Waals surface area contributed by atoms with Crippen LogP contribution in [0.5, 0.6) is 0 Å². The summed E-state index contributed by atoms with van der Waals surface area (Å²) in [7, 11) is -9.92. The highest BCUT2D eigenvalue weighted by molar-refractivity contribution is 7.47. The molecule has 0 saturated carbocycles. The normalized spacial score (nSPS) is 13.9. The first kappa shape index (κ1) is 99.1. The molecule has 0 aromatic heterocycles. The summed E-state index contributed by atoms with van der Waals surface area (Å²) in [6, 6.07) is 0. The van der Waals surface area contributed by atoms with Gasteiger partial charge in [-0.25, -0.2) is 9.13 Å². The number of esters is 4. The van der Waals surface area contributed by atoms with Crippen molar-refractivity contribution in [3.8, 4) is 0 Å². The molecule has 0 amide bonds. The summed E-state index contributed by atoms with van der Waals surface area (Å²) in [5.41, 5.74) is 0. The number of hydrogen-bond donors (Lipinski definition) is 3. The predicted octanol–water partition coefficient (Wildman–Crippen LogP) is 24.7. The van der Waals surface area contributed by atoms with E-state index in [4.69, 9.17) is 37.0 Å². The maximum atomic E-state index is 13.1. The van der Waals surface area contributed by atoms with Crippen LogP contribution >= 0.6 is 15.6 Å². The third kappa shape index (κ3) is 76.1. The van der Waals surface area contributed by atoms with E-state index in [9.17, 15) is 43.2 Å². The largest absolute Gasteiger partial charge is 0.472 e. The van der Waals surface area contributed by atoms with Crippen LogP contribution in [-0.4, -0.2) is 96.7 Å². The van der Waals surface area contributed by atoms with Gasteiger partial charge in [0, 0.05) is 25.7 Å². The Morgan fingerprint density at radius 1 is 0.267 bits per heavy atom. The Morgan fingerprint density at radius 2 is 0.455 bits per heavy atom. The number of ether oxygens (including phenoxy) is 4. The number of rotatable bonds is 81. The molecule has 101 heavy (non-hydrogen) atoms. The second kappa shape index (κ2) is 73.6. The molecule has 0 aromatic carbocycles. The van der Waals surface area contributed by atoms with Gasteiger partial charge in [0.15, 0.2) is 12.2 Å². The Hall–Kier alpha value is -1.94. The van der Waals surface area contributed by atoms with E-state index in [0.717, 1.165) is 102 Å². The highest BCUT2D eigenvalue weighted by atomic mass is 31.2. The van der Waals surface area contributed by atoms with Crippen LogP contribution < -0.4 is 0 Å². The van der Waals surface area contributed by atoms with E-state index in [2.05, 4.69) is 41.5 Å². The Kier molecular flexibility index (Phi) is 72.2. The average Bonchev–Trinajstić information content (AvgIpc) is 0.946. The lowest BCUT2D eigenvalue weighted by Gasteiger charge is -2.21. The summed E-state index contributed by atoms with van der Waals surface area (Å²) >= 11 is 0. The Morgan fingerprint density at radius 3 is 0.673 bits per heavy atom. The highest BCUT2D eigenvalue weighted by Gasteiger charge is 2.30. The average molecular weight is 1480 g/mol. The number of aliphatic hydroxyl groups excluding tert-OH is 1. The number of carbonyl (C=O) groups excluding carboxylic acids is 4. The zero-order valence-electron chi connectivity index (χ0n) is 66.2. The van der Waals surface area contributed by atoms with Gasteiger partial charge in [-0.3, -0.25) is 37.3 Å². The molecule has 0 aliphatic heterocycles. The van der Waals surface area contributed by atoms with Gasteiger partial charge in [0.1, 0.15) is 19.3 Å². The molecule has 17 nitrogen and oxygen atoms in total. The third-order valence-corrected chi connectivity index (χ3v) is 21.1. The molecule has 0 spiro atoms. The predicted molar refractivity (Wildman–Crippen MR) is 414 cm³/mol. The van der Waals surface area contributed by atoms with Crippen molar-refractivity contribution in [1.29, 1.82) is 0 Å². The molecule has 0 aliphatic carbocycles. The van der Waals surface area contributed by atoms with Crippen LogP contribution in [0.25, 0.3) is 0 Å². The van der Waals surface area contributed by atoms with Crippen molar-refractivity contribution < 1.29 is 80.2 Å². The van der Waals surface area contributed by atoms with Crippen molar-refractivity contribution in [2.24, 2.45) is 11.8 Å². The van der Waals surface area contributed by atoms with E-state index < -0.39 is 97.5 Å². The molecule has 5 atom stereocenters. The Labute approximate surface area is 619 Å². The zero-order chi connectivity index (χ0) is 74.2. The summed E-state index contributed by atoms with van der Waals surface area (Å²) in [5.74, 6) is -0.572. The molecule has 3 N–H and O–H groups in total. The molecule has 0 rings (SSSR count). The first-order valence-corrected chi connectivity index (χ1v) is 45.5. The van der Waals surface area contributed by atoms with E-state index in [1.165, 1.54) is 250 Å². The van der Waals surface area contributed by atoms with Gasteiger partial charge in [-0.2, -0.15) is 0 Å². The van der Waals surface area contributed by atoms with Crippen molar-refractivity contribution in [1.82, 2.24) is 0 Å². The molecule has 0 aromatic rings. The van der Waals surface area contributed by atoms with Gasteiger partial charge >= 0.3 is 39.5 Å². The molecular formula is C82H160O17P2. The Balaban J connectivity index is 5.25. The minimum atomic E-state index is -4.96. The number of unbranched alkanes of at least 4 members (excludes halogenated alkanes) is 51. The Bertz CT molecular complexity index is 1940. The van der Waals surface area contributed by atoms with Gasteiger partial charge in [0.25, 0.3) is 0 Å². The van der Waals surface area contributed by atoms with Gasteiger partial charge in [-0.1, -0.05) is 382 Å². The van der Waals surface area contributed by atoms with E-state index in [0.29, 0.717) is 25.7 Å². The molecule has 2 unspecified atom stereocenters. The van der Waals surface area contributed by atoms with Crippen LogP contribution in [0, 0.1) is 11.8 Å². The summed E-state index contributed by atoms with van der Waals surface area (Å²) in [6.07, 6.45) is 63.8. The van der Waals surface area contributed by atoms with E-state index in [-0.39, 0.29) is 25.7 Å². The highest BCUT2D eigenvalue weighted by Crippen LogP contribution is 2.45. The van der Waals surface area contributed by atoms with Crippen molar-refractivity contribution in [3.05, 3.63) is 0 Å². The van der Waals surface area contributed by atoms with E-state index in [1.54, 1.807) is 0 Å². The smallest absolute Gasteiger partial charge is 0.462 e. The number of phosphoric ester groups is 2. The fraction of sp³-hybridized carbons (Fsp3) is 0.951. The number of phosphoric acid groups is 2. The molecular weight excluding hydrogens is 1320 g/mol. The minimum absolute atomic E-state index is 0.107. The zero-order valence-corrected chi connectivity index (χ0v) is 68.0. The number of aliphatic hydroxyl groups is 1. The van der Waals surface area contributed by atoms with E-state index in [1.807, 2.05) is 0 Å². The summed E-state index contributed by atoms with van der Waals surface area (Å²) in [4.78, 5) is 73.1. The first-order chi connectivity index (χ1) is 48.9. The second-order valence-electron chi connectivity index (χ2n) is 30.5. The molecule has 0 bridgehead atoms. The van der Waals surface area contributed by atoms with Gasteiger partial charge in [-0.05, 0) is 37.5 Å². The molecule has 0 fully saturated rings. The second-order valence-corrected chi connectivity index (χ2v) is 33.4. The monoisotopic (exact) mass is 1480 g/mol. The topological polar surface area (TPSA) is 237 Å². The van der Waals surface area contributed by atoms with Gasteiger partial charge in [-0.15, -0.1) is 0 Å². The fourth-order valence-corrected chi connectivity index (χ4v) is 14.3. The molecule has 600 valence electrons. The summed E-state index contributed by atoms with van der Waals surface area (Å²) < 4.78 is 68.8. The van der Waals surface area contributed by atoms with Gasteiger partial charge < -0.3 is 33.8 Å². The van der Waals surface area contributed by atoms with Gasteiger partial charge in [0.2, 0.25) is 0 Å².